The molecule has 1 fully saturated rings. The Balaban J connectivity index is 2.27. The van der Waals surface area contributed by atoms with Crippen LogP contribution in [0.4, 0.5) is 13.2 Å². The standard InChI is InChI=1S/C24H33F3N4O8S/c1-38-19-11-15(23(35)39-2)10-16(21(19)24(25,26)27)14-40(36,37)30-18-7-3-4-9-31(22(18)34)12-20(33)29-17(13-32)6-5-8-28/h10-11,13,17-18,30H,3-9,12,14,28H2,1-2H3,(H,29,33)/t17-,18-/m0/s1. The van der Waals surface area contributed by atoms with Gasteiger partial charge < -0.3 is 30.2 Å². The number of sulfonamides is 1. The molecule has 1 aliphatic rings. The van der Waals surface area contributed by atoms with Gasteiger partial charge in [0.1, 0.15) is 23.6 Å². The van der Waals surface area contributed by atoms with Crippen molar-refractivity contribution >= 4 is 34.1 Å². The van der Waals surface area contributed by atoms with E-state index in [4.69, 9.17) is 10.5 Å². The lowest BCUT2D eigenvalue weighted by molar-refractivity contribution is -0.139. The zero-order chi connectivity index (χ0) is 30.1. The van der Waals surface area contributed by atoms with Gasteiger partial charge in [-0.15, -0.1) is 0 Å². The number of hydrogen-bond acceptors (Lipinski definition) is 9. The summed E-state index contributed by atoms with van der Waals surface area (Å²) in [6.07, 6.45) is -2.81. The molecule has 224 valence electrons. The molecule has 1 aliphatic heterocycles. The molecule has 0 spiro atoms. The van der Waals surface area contributed by atoms with Crippen LogP contribution < -0.4 is 20.5 Å². The van der Waals surface area contributed by atoms with Gasteiger partial charge in [-0.3, -0.25) is 9.59 Å². The number of alkyl halides is 3. The number of nitrogens with one attached hydrogen (secondary N) is 2. The summed E-state index contributed by atoms with van der Waals surface area (Å²) in [6.45, 7) is 0.00707. The molecular weight excluding hydrogens is 561 g/mol. The summed E-state index contributed by atoms with van der Waals surface area (Å²) >= 11 is 0. The lowest BCUT2D eigenvalue weighted by Crippen LogP contribution is -2.51. The van der Waals surface area contributed by atoms with E-state index in [2.05, 4.69) is 14.8 Å². The van der Waals surface area contributed by atoms with Crippen molar-refractivity contribution in [1.29, 1.82) is 0 Å². The minimum absolute atomic E-state index is 0.0430. The number of carbonyl (C=O) groups is 4. The molecule has 2 rings (SSSR count). The molecule has 0 aliphatic carbocycles. The van der Waals surface area contributed by atoms with Crippen LogP contribution in [-0.2, 0) is 41.1 Å². The van der Waals surface area contributed by atoms with Crippen molar-refractivity contribution < 1.29 is 50.2 Å². The molecule has 2 atom stereocenters. The van der Waals surface area contributed by atoms with E-state index in [1.165, 1.54) is 0 Å². The minimum atomic E-state index is -5.03. The Morgan fingerprint density at radius 2 is 1.95 bits per heavy atom. The van der Waals surface area contributed by atoms with Gasteiger partial charge >= 0.3 is 12.1 Å². The molecule has 2 amide bonds. The Kier molecular flexibility index (Phi) is 11.9. The molecular formula is C24H33F3N4O8S. The first-order valence-electron chi connectivity index (χ1n) is 12.4. The van der Waals surface area contributed by atoms with Crippen LogP contribution in [-0.4, -0.2) is 83.3 Å². The van der Waals surface area contributed by atoms with Gasteiger partial charge in [0.05, 0.1) is 38.1 Å². The van der Waals surface area contributed by atoms with Crippen LogP contribution in [0.5, 0.6) is 5.75 Å². The second-order valence-corrected chi connectivity index (χ2v) is 10.9. The molecule has 4 N–H and O–H groups in total. The number of carbonyl (C=O) groups excluding carboxylic acids is 4. The van der Waals surface area contributed by atoms with Crippen LogP contribution in [0.25, 0.3) is 0 Å². The van der Waals surface area contributed by atoms with Gasteiger partial charge in [-0.1, -0.05) is 0 Å². The number of amides is 2. The average Bonchev–Trinajstić information content (AvgIpc) is 3.04. The van der Waals surface area contributed by atoms with Crippen molar-refractivity contribution in [1.82, 2.24) is 14.9 Å². The fraction of sp³-hybridized carbons (Fsp3) is 0.583. The van der Waals surface area contributed by atoms with E-state index in [0.29, 0.717) is 38.5 Å². The topological polar surface area (TPSA) is 174 Å². The molecule has 1 aromatic rings. The second kappa shape index (κ2) is 14.4. The SMILES string of the molecule is COC(=O)c1cc(CS(=O)(=O)N[C@H]2CCCCN(CC(=O)N[C@H](C=O)CCCN)C2=O)c(C(F)(F)F)c(OC)c1. The summed E-state index contributed by atoms with van der Waals surface area (Å²) in [6, 6.07) is -0.607. The number of ether oxygens (including phenoxy) is 2. The Bertz CT molecular complexity index is 1190. The van der Waals surface area contributed by atoms with Gasteiger partial charge in [0.15, 0.2) is 0 Å². The Hall–Kier alpha value is -3.24. The lowest BCUT2D eigenvalue weighted by Gasteiger charge is -2.25. The molecule has 0 saturated carbocycles. The normalized spacial score (nSPS) is 17.1. The molecule has 1 aromatic carbocycles. The zero-order valence-corrected chi connectivity index (χ0v) is 22.9. The van der Waals surface area contributed by atoms with Crippen LogP contribution >= 0.6 is 0 Å². The van der Waals surface area contributed by atoms with Crippen LogP contribution in [0.3, 0.4) is 0 Å². The predicted octanol–water partition coefficient (Wildman–Crippen LogP) is 0.724. The van der Waals surface area contributed by atoms with Gasteiger partial charge in [0, 0.05) is 6.54 Å². The highest BCUT2D eigenvalue weighted by Gasteiger charge is 2.40. The number of aldehydes is 1. The van der Waals surface area contributed by atoms with E-state index in [1.54, 1.807) is 0 Å². The van der Waals surface area contributed by atoms with Crippen molar-refractivity contribution in [3.63, 3.8) is 0 Å². The first-order chi connectivity index (χ1) is 18.8. The largest absolute Gasteiger partial charge is 0.496 e. The zero-order valence-electron chi connectivity index (χ0n) is 22.1. The van der Waals surface area contributed by atoms with Crippen molar-refractivity contribution in [2.75, 3.05) is 33.9 Å². The molecule has 40 heavy (non-hydrogen) atoms. The fourth-order valence-corrected chi connectivity index (χ4v) is 5.65. The molecule has 16 heteroatoms. The van der Waals surface area contributed by atoms with Crippen LogP contribution in [0, 0.1) is 0 Å². The van der Waals surface area contributed by atoms with E-state index >= 15 is 0 Å². The molecule has 12 nitrogen and oxygen atoms in total. The van der Waals surface area contributed by atoms with E-state index < -0.39 is 75.2 Å². The van der Waals surface area contributed by atoms with Crippen LogP contribution in [0.1, 0.15) is 53.6 Å². The van der Waals surface area contributed by atoms with Crippen LogP contribution in [0.2, 0.25) is 0 Å². The summed E-state index contributed by atoms with van der Waals surface area (Å²) in [5.41, 5.74) is 2.88. The second-order valence-electron chi connectivity index (χ2n) is 9.13. The number of rotatable bonds is 13. The highest BCUT2D eigenvalue weighted by molar-refractivity contribution is 7.88. The molecule has 0 unspecified atom stereocenters. The predicted molar refractivity (Wildman–Crippen MR) is 136 cm³/mol. The van der Waals surface area contributed by atoms with Crippen molar-refractivity contribution in [3.05, 3.63) is 28.8 Å². The maximum Gasteiger partial charge on any atom is 0.420 e. The van der Waals surface area contributed by atoms with Gasteiger partial charge in [-0.2, -0.15) is 13.2 Å². The number of benzene rings is 1. The highest BCUT2D eigenvalue weighted by atomic mass is 32.2. The first kappa shape index (κ1) is 33.0. The van der Waals surface area contributed by atoms with Crippen molar-refractivity contribution in [2.45, 2.75) is 56.1 Å². The Labute approximate surface area is 229 Å². The number of esters is 1. The van der Waals surface area contributed by atoms with E-state index in [0.717, 1.165) is 31.3 Å². The van der Waals surface area contributed by atoms with E-state index in [-0.39, 0.29) is 18.5 Å². The van der Waals surface area contributed by atoms with E-state index in [9.17, 15) is 40.8 Å². The summed E-state index contributed by atoms with van der Waals surface area (Å²) in [5.74, 6) is -4.38. The lowest BCUT2D eigenvalue weighted by atomic mass is 10.0. The van der Waals surface area contributed by atoms with Gasteiger partial charge in [0.25, 0.3) is 0 Å². The smallest absolute Gasteiger partial charge is 0.420 e. The first-order valence-corrected chi connectivity index (χ1v) is 14.0. The summed E-state index contributed by atoms with van der Waals surface area (Å²) in [4.78, 5) is 49.9. The summed E-state index contributed by atoms with van der Waals surface area (Å²) < 4.78 is 79.2. The molecule has 0 radical (unpaired) electrons. The third-order valence-corrected chi connectivity index (χ3v) is 7.46. The van der Waals surface area contributed by atoms with Crippen molar-refractivity contribution in [2.24, 2.45) is 5.73 Å². The summed E-state index contributed by atoms with van der Waals surface area (Å²) in [7, 11) is -2.64. The number of hydrogen-bond donors (Lipinski definition) is 3. The van der Waals surface area contributed by atoms with Gasteiger partial charge in [-0.25, -0.2) is 17.9 Å². The number of nitrogens with zero attached hydrogens (tertiary/aromatic N) is 1. The van der Waals surface area contributed by atoms with Crippen LogP contribution in [0.15, 0.2) is 12.1 Å². The maximum atomic E-state index is 13.9. The quantitative estimate of drug-likeness (QED) is 0.220. The number of nitrogens with two attached hydrogens (primary N) is 1. The number of methoxy groups -OCH3 is 2. The third-order valence-electron chi connectivity index (χ3n) is 6.12. The highest BCUT2D eigenvalue weighted by Crippen LogP contribution is 2.40. The Morgan fingerprint density at radius 1 is 1.25 bits per heavy atom. The average molecular weight is 595 g/mol. The molecule has 1 heterocycles. The van der Waals surface area contributed by atoms with Crippen molar-refractivity contribution in [3.8, 4) is 5.75 Å². The fourth-order valence-electron chi connectivity index (χ4n) is 4.28. The number of halogens is 3. The third kappa shape index (κ3) is 9.16. The monoisotopic (exact) mass is 594 g/mol. The van der Waals surface area contributed by atoms with Gasteiger partial charge in [-0.05, 0) is 56.3 Å². The van der Waals surface area contributed by atoms with Gasteiger partial charge in [0.2, 0.25) is 21.8 Å². The minimum Gasteiger partial charge on any atom is -0.496 e. The maximum absolute atomic E-state index is 13.9. The molecule has 0 bridgehead atoms. The molecule has 0 aromatic heterocycles. The van der Waals surface area contributed by atoms with E-state index in [1.807, 2.05) is 0 Å². The number of likely N-dealkylation sites (tertiary alicyclic amines) is 1. The summed E-state index contributed by atoms with van der Waals surface area (Å²) in [5, 5.41) is 2.48. The Morgan fingerprint density at radius 3 is 2.52 bits per heavy atom. The molecule has 1 saturated heterocycles.